The van der Waals surface area contributed by atoms with Gasteiger partial charge in [-0.15, -0.1) is 0 Å². The Kier molecular flexibility index (Phi) is 3.98. The first-order chi connectivity index (χ1) is 8.99. The Hall–Kier alpha value is -1.70. The Morgan fingerprint density at radius 3 is 2.89 bits per heavy atom. The molecule has 0 aliphatic rings. The second kappa shape index (κ2) is 5.52. The fraction of sp³-hybridized carbons (Fsp3) is 0.250. The summed E-state index contributed by atoms with van der Waals surface area (Å²) in [5, 5.41) is 0. The highest BCUT2D eigenvalue weighted by Crippen LogP contribution is 2.15. The smallest absolute Gasteiger partial charge is 0.240 e. The van der Waals surface area contributed by atoms with Crippen molar-refractivity contribution in [3.63, 3.8) is 0 Å². The molecule has 2 rings (SSSR count). The van der Waals surface area contributed by atoms with E-state index in [4.69, 9.17) is 5.73 Å². The lowest BCUT2D eigenvalue weighted by Gasteiger charge is -2.09. The molecule has 0 saturated heterocycles. The quantitative estimate of drug-likeness (QED) is 0.757. The molecular weight excluding hydrogens is 264 g/mol. The molecule has 1 unspecified atom stereocenters. The van der Waals surface area contributed by atoms with Gasteiger partial charge in [-0.2, -0.15) is 0 Å². The molecule has 0 spiro atoms. The van der Waals surface area contributed by atoms with Crippen molar-refractivity contribution in [2.24, 2.45) is 5.73 Å². The van der Waals surface area contributed by atoms with Crippen LogP contribution >= 0.6 is 0 Å². The fourth-order valence-corrected chi connectivity index (χ4v) is 2.66. The highest BCUT2D eigenvalue weighted by Gasteiger charge is 2.15. The summed E-state index contributed by atoms with van der Waals surface area (Å²) >= 11 is 0. The third-order valence-electron chi connectivity index (χ3n) is 2.70. The Morgan fingerprint density at radius 1 is 1.47 bits per heavy atom. The minimum absolute atomic E-state index is 0.171. The van der Waals surface area contributed by atoms with Crippen molar-refractivity contribution in [1.29, 1.82) is 0 Å². The largest absolute Gasteiger partial charge is 0.347 e. The summed E-state index contributed by atoms with van der Waals surface area (Å²) < 4.78 is 26.7. The van der Waals surface area contributed by atoms with Gasteiger partial charge in [0.15, 0.2) is 0 Å². The number of sulfonamides is 1. The Bertz CT molecular complexity index is 636. The van der Waals surface area contributed by atoms with Crippen LogP contribution in [0.4, 0.5) is 0 Å². The highest BCUT2D eigenvalue weighted by atomic mass is 32.2. The van der Waals surface area contributed by atoms with E-state index in [1.165, 1.54) is 6.33 Å². The second-order valence-corrected chi connectivity index (χ2v) is 6.03. The Balaban J connectivity index is 2.17. The summed E-state index contributed by atoms with van der Waals surface area (Å²) in [5.41, 5.74) is 7.23. The van der Waals surface area contributed by atoms with Crippen LogP contribution in [0.25, 0.3) is 0 Å². The first-order valence-corrected chi connectivity index (χ1v) is 7.30. The maximum Gasteiger partial charge on any atom is 0.240 e. The third kappa shape index (κ3) is 3.40. The third-order valence-corrected chi connectivity index (χ3v) is 4.10. The SMILES string of the molecule is CC(N)c1cccc(S(=O)(=O)NCc2cnc[nH]2)c1. The van der Waals surface area contributed by atoms with Crippen molar-refractivity contribution in [3.8, 4) is 0 Å². The molecule has 1 atom stereocenters. The van der Waals surface area contributed by atoms with Crippen LogP contribution in [-0.4, -0.2) is 18.4 Å². The van der Waals surface area contributed by atoms with Gasteiger partial charge in [-0.05, 0) is 24.6 Å². The molecule has 2 aromatic rings. The van der Waals surface area contributed by atoms with Crippen molar-refractivity contribution >= 4 is 10.0 Å². The van der Waals surface area contributed by atoms with Crippen molar-refractivity contribution in [2.75, 3.05) is 0 Å². The zero-order chi connectivity index (χ0) is 13.9. The van der Waals surface area contributed by atoms with Gasteiger partial charge in [0, 0.05) is 17.9 Å². The molecular formula is C12H16N4O2S. The number of aromatic nitrogens is 2. The maximum absolute atomic E-state index is 12.1. The lowest BCUT2D eigenvalue weighted by molar-refractivity contribution is 0.580. The number of nitrogens with two attached hydrogens (primary N) is 1. The zero-order valence-corrected chi connectivity index (χ0v) is 11.3. The number of aromatic amines is 1. The van der Waals surface area contributed by atoms with E-state index < -0.39 is 10.0 Å². The van der Waals surface area contributed by atoms with E-state index in [1.54, 1.807) is 30.5 Å². The van der Waals surface area contributed by atoms with Gasteiger partial charge in [-0.3, -0.25) is 0 Å². The van der Waals surface area contributed by atoms with Crippen LogP contribution in [0.2, 0.25) is 0 Å². The van der Waals surface area contributed by atoms with Crippen LogP contribution in [0, 0.1) is 0 Å². The normalized spacial score (nSPS) is 13.4. The lowest BCUT2D eigenvalue weighted by Crippen LogP contribution is -2.23. The molecule has 0 saturated carbocycles. The van der Waals surface area contributed by atoms with Crippen LogP contribution in [0.3, 0.4) is 0 Å². The first kappa shape index (κ1) is 13.7. The average Bonchev–Trinajstić information content (AvgIpc) is 2.90. The number of imidazole rings is 1. The van der Waals surface area contributed by atoms with E-state index in [1.807, 2.05) is 6.92 Å². The summed E-state index contributed by atoms with van der Waals surface area (Å²) in [7, 11) is -3.55. The van der Waals surface area contributed by atoms with Gasteiger partial charge in [-0.25, -0.2) is 18.1 Å². The standard InChI is InChI=1S/C12H16N4O2S/c1-9(13)10-3-2-4-12(5-10)19(17,18)16-7-11-6-14-8-15-11/h2-6,8-9,16H,7,13H2,1H3,(H,14,15). The van der Waals surface area contributed by atoms with Crippen LogP contribution in [-0.2, 0) is 16.6 Å². The van der Waals surface area contributed by atoms with Crippen molar-refractivity contribution in [3.05, 3.63) is 48.0 Å². The first-order valence-electron chi connectivity index (χ1n) is 5.81. The van der Waals surface area contributed by atoms with Gasteiger partial charge in [0.1, 0.15) is 0 Å². The molecule has 19 heavy (non-hydrogen) atoms. The second-order valence-electron chi connectivity index (χ2n) is 4.26. The highest BCUT2D eigenvalue weighted by molar-refractivity contribution is 7.89. The van der Waals surface area contributed by atoms with Crippen LogP contribution in [0.15, 0.2) is 41.7 Å². The molecule has 4 N–H and O–H groups in total. The van der Waals surface area contributed by atoms with Gasteiger partial charge < -0.3 is 10.7 Å². The molecule has 0 radical (unpaired) electrons. The zero-order valence-electron chi connectivity index (χ0n) is 10.5. The van der Waals surface area contributed by atoms with E-state index in [-0.39, 0.29) is 17.5 Å². The number of benzene rings is 1. The number of nitrogens with zero attached hydrogens (tertiary/aromatic N) is 1. The number of hydrogen-bond acceptors (Lipinski definition) is 4. The lowest BCUT2D eigenvalue weighted by atomic mass is 10.1. The molecule has 0 bridgehead atoms. The molecule has 0 fully saturated rings. The van der Waals surface area contributed by atoms with Crippen LogP contribution < -0.4 is 10.5 Å². The van der Waals surface area contributed by atoms with Crippen molar-refractivity contribution in [2.45, 2.75) is 24.4 Å². The predicted molar refractivity (Wildman–Crippen MR) is 71.7 cm³/mol. The number of rotatable bonds is 5. The fourth-order valence-electron chi connectivity index (χ4n) is 1.60. The van der Waals surface area contributed by atoms with Gasteiger partial charge in [0.25, 0.3) is 0 Å². The van der Waals surface area contributed by atoms with Crippen molar-refractivity contribution < 1.29 is 8.42 Å². The van der Waals surface area contributed by atoms with Crippen molar-refractivity contribution in [1.82, 2.24) is 14.7 Å². The predicted octanol–water partition coefficient (Wildman–Crippen LogP) is 0.908. The minimum atomic E-state index is -3.55. The van der Waals surface area contributed by atoms with E-state index in [0.29, 0.717) is 5.69 Å². The molecule has 7 heteroatoms. The molecule has 1 heterocycles. The molecule has 0 aliphatic heterocycles. The Morgan fingerprint density at radius 2 is 2.26 bits per heavy atom. The summed E-state index contributed by atoms with van der Waals surface area (Å²) in [6.07, 6.45) is 3.07. The summed E-state index contributed by atoms with van der Waals surface area (Å²) in [4.78, 5) is 6.87. The average molecular weight is 280 g/mol. The molecule has 102 valence electrons. The number of hydrogen-bond donors (Lipinski definition) is 3. The Labute approximate surface area is 112 Å². The maximum atomic E-state index is 12.1. The molecule has 0 amide bonds. The monoisotopic (exact) mass is 280 g/mol. The summed E-state index contributed by atoms with van der Waals surface area (Å²) in [6, 6.07) is 6.41. The minimum Gasteiger partial charge on any atom is -0.347 e. The molecule has 0 aliphatic carbocycles. The van der Waals surface area contributed by atoms with Gasteiger partial charge in [0.05, 0.1) is 17.8 Å². The molecule has 1 aromatic heterocycles. The summed E-state index contributed by atoms with van der Waals surface area (Å²) in [5.74, 6) is 0. The number of nitrogens with one attached hydrogen (secondary N) is 2. The van der Waals surface area contributed by atoms with E-state index >= 15 is 0 Å². The summed E-state index contributed by atoms with van der Waals surface area (Å²) in [6.45, 7) is 1.98. The topological polar surface area (TPSA) is 101 Å². The molecule has 1 aromatic carbocycles. The molecule has 6 nitrogen and oxygen atoms in total. The van der Waals surface area contributed by atoms with Gasteiger partial charge >= 0.3 is 0 Å². The van der Waals surface area contributed by atoms with Gasteiger partial charge in [0.2, 0.25) is 10.0 Å². The van der Waals surface area contributed by atoms with Crippen LogP contribution in [0.5, 0.6) is 0 Å². The van der Waals surface area contributed by atoms with E-state index in [0.717, 1.165) is 5.56 Å². The van der Waals surface area contributed by atoms with E-state index in [2.05, 4.69) is 14.7 Å². The van der Waals surface area contributed by atoms with Gasteiger partial charge in [-0.1, -0.05) is 12.1 Å². The van der Waals surface area contributed by atoms with E-state index in [9.17, 15) is 8.42 Å². The van der Waals surface area contributed by atoms with Crippen LogP contribution in [0.1, 0.15) is 24.2 Å². The number of H-pyrrole nitrogens is 1.